The van der Waals surface area contributed by atoms with Crippen molar-refractivity contribution in [3.8, 4) is 0 Å². The van der Waals surface area contributed by atoms with E-state index in [-0.39, 0.29) is 18.2 Å². The van der Waals surface area contributed by atoms with E-state index in [4.69, 9.17) is 0 Å². The minimum absolute atomic E-state index is 0.193. The molecule has 0 spiro atoms. The van der Waals surface area contributed by atoms with Gasteiger partial charge in [-0.1, -0.05) is 60.7 Å². The first-order valence-electron chi connectivity index (χ1n) is 7.38. The van der Waals surface area contributed by atoms with Gasteiger partial charge in [-0.25, -0.2) is 0 Å². The molecule has 0 aliphatic carbocycles. The quantitative estimate of drug-likeness (QED) is 0.859. The average molecular weight is 294 g/mol. The van der Waals surface area contributed by atoms with Crippen molar-refractivity contribution >= 4 is 11.8 Å². The molecule has 1 atom stereocenters. The maximum absolute atomic E-state index is 12.0. The van der Waals surface area contributed by atoms with Crippen LogP contribution < -0.4 is 5.32 Å². The summed E-state index contributed by atoms with van der Waals surface area (Å²) in [5, 5.41) is 2.40. The topological polar surface area (TPSA) is 49.4 Å². The lowest BCUT2D eigenvalue weighted by Crippen LogP contribution is -2.39. The van der Waals surface area contributed by atoms with E-state index < -0.39 is 6.04 Å². The third-order valence-corrected chi connectivity index (χ3v) is 3.84. The highest BCUT2D eigenvalue weighted by Crippen LogP contribution is 2.18. The van der Waals surface area contributed by atoms with Gasteiger partial charge >= 0.3 is 0 Å². The third kappa shape index (κ3) is 3.40. The molecular formula is C18H18N2O2. The van der Waals surface area contributed by atoms with E-state index in [2.05, 4.69) is 10.2 Å². The molecule has 1 heterocycles. The summed E-state index contributed by atoms with van der Waals surface area (Å²) in [6, 6.07) is 19.6. The number of rotatable bonds is 5. The van der Waals surface area contributed by atoms with Crippen molar-refractivity contribution in [3.05, 3.63) is 71.8 Å². The molecule has 4 heteroatoms. The predicted molar refractivity (Wildman–Crippen MR) is 83.7 cm³/mol. The zero-order valence-corrected chi connectivity index (χ0v) is 12.2. The summed E-state index contributed by atoms with van der Waals surface area (Å²) in [6.45, 7) is 1.28. The summed E-state index contributed by atoms with van der Waals surface area (Å²) in [5.74, 6) is -0.391. The fourth-order valence-corrected chi connectivity index (χ4v) is 2.75. The lowest BCUT2D eigenvalue weighted by Gasteiger charge is -2.26. The number of imide groups is 1. The Morgan fingerprint density at radius 2 is 1.36 bits per heavy atom. The van der Waals surface area contributed by atoms with Crippen LogP contribution in [-0.4, -0.2) is 22.8 Å². The second-order valence-electron chi connectivity index (χ2n) is 5.51. The zero-order chi connectivity index (χ0) is 15.4. The van der Waals surface area contributed by atoms with Crippen molar-refractivity contribution in [2.45, 2.75) is 25.6 Å². The normalized spacial score (nSPS) is 17.8. The number of hydrogen-bond donors (Lipinski definition) is 1. The van der Waals surface area contributed by atoms with Crippen molar-refractivity contribution < 1.29 is 9.59 Å². The van der Waals surface area contributed by atoms with Crippen LogP contribution in [0.3, 0.4) is 0 Å². The van der Waals surface area contributed by atoms with Gasteiger partial charge in [-0.05, 0) is 11.1 Å². The molecule has 3 rings (SSSR count). The summed E-state index contributed by atoms with van der Waals surface area (Å²) in [5.41, 5.74) is 2.26. The Morgan fingerprint density at radius 3 is 1.77 bits per heavy atom. The molecule has 1 N–H and O–H groups in total. The van der Waals surface area contributed by atoms with Crippen molar-refractivity contribution in [3.63, 3.8) is 0 Å². The van der Waals surface area contributed by atoms with Gasteiger partial charge in [0, 0.05) is 13.1 Å². The van der Waals surface area contributed by atoms with Crippen LogP contribution in [0, 0.1) is 0 Å². The molecule has 4 nitrogen and oxygen atoms in total. The fourth-order valence-electron chi connectivity index (χ4n) is 2.75. The molecule has 1 aliphatic heterocycles. The molecule has 0 radical (unpaired) electrons. The van der Waals surface area contributed by atoms with Crippen molar-refractivity contribution in [1.29, 1.82) is 0 Å². The molecular weight excluding hydrogens is 276 g/mol. The molecule has 2 aromatic carbocycles. The standard InChI is InChI=1S/C18H18N2O2/c21-17-11-16(18(22)19-17)20(12-14-7-3-1-4-8-14)13-15-9-5-2-6-10-15/h1-10,16H,11-13H2,(H,19,21,22)/t16-/m0/s1. The summed E-state index contributed by atoms with van der Waals surface area (Å²) >= 11 is 0. The van der Waals surface area contributed by atoms with E-state index in [1.54, 1.807) is 0 Å². The SMILES string of the molecule is O=C1C[C@H](N(Cc2ccccc2)Cc2ccccc2)C(=O)N1. The predicted octanol–water partition coefficient (Wildman–Crippen LogP) is 2.10. The van der Waals surface area contributed by atoms with Gasteiger partial charge in [0.15, 0.2) is 0 Å². The largest absolute Gasteiger partial charge is 0.295 e. The second kappa shape index (κ2) is 6.54. The highest BCUT2D eigenvalue weighted by atomic mass is 16.2. The summed E-state index contributed by atoms with van der Waals surface area (Å²) < 4.78 is 0. The van der Waals surface area contributed by atoms with Gasteiger partial charge in [-0.2, -0.15) is 0 Å². The number of carbonyl (C=O) groups is 2. The number of amides is 2. The van der Waals surface area contributed by atoms with Gasteiger partial charge in [-0.15, -0.1) is 0 Å². The van der Waals surface area contributed by atoms with Crippen LogP contribution in [0.2, 0.25) is 0 Å². The van der Waals surface area contributed by atoms with E-state index in [0.29, 0.717) is 13.1 Å². The van der Waals surface area contributed by atoms with Crippen LogP contribution in [0.15, 0.2) is 60.7 Å². The molecule has 22 heavy (non-hydrogen) atoms. The number of nitrogens with one attached hydrogen (secondary N) is 1. The zero-order valence-electron chi connectivity index (χ0n) is 12.2. The van der Waals surface area contributed by atoms with Gasteiger partial charge in [0.25, 0.3) is 0 Å². The Labute approximate surface area is 129 Å². The lowest BCUT2D eigenvalue weighted by molar-refractivity contribution is -0.126. The summed E-state index contributed by atoms with van der Waals surface area (Å²) in [6.07, 6.45) is 0.235. The van der Waals surface area contributed by atoms with Gasteiger partial charge in [0.05, 0.1) is 12.5 Å². The van der Waals surface area contributed by atoms with Crippen molar-refractivity contribution in [2.24, 2.45) is 0 Å². The first-order chi connectivity index (χ1) is 10.7. The van der Waals surface area contributed by atoms with E-state index >= 15 is 0 Å². The molecule has 2 amide bonds. The van der Waals surface area contributed by atoms with Crippen LogP contribution in [-0.2, 0) is 22.7 Å². The summed E-state index contributed by atoms with van der Waals surface area (Å²) in [4.78, 5) is 25.6. The van der Waals surface area contributed by atoms with Crippen LogP contribution in [0.5, 0.6) is 0 Å². The molecule has 0 bridgehead atoms. The molecule has 2 aromatic rings. The Kier molecular flexibility index (Phi) is 4.30. The highest BCUT2D eigenvalue weighted by molar-refractivity contribution is 6.05. The molecule has 1 saturated heterocycles. The fraction of sp³-hybridized carbons (Fsp3) is 0.222. The number of hydrogen-bond acceptors (Lipinski definition) is 3. The van der Waals surface area contributed by atoms with Gasteiger partial charge in [0.1, 0.15) is 0 Å². The number of nitrogens with zero attached hydrogens (tertiary/aromatic N) is 1. The number of benzene rings is 2. The van der Waals surface area contributed by atoms with Crippen molar-refractivity contribution in [1.82, 2.24) is 10.2 Å². The van der Waals surface area contributed by atoms with E-state index in [1.165, 1.54) is 0 Å². The molecule has 1 aliphatic rings. The van der Waals surface area contributed by atoms with E-state index in [9.17, 15) is 9.59 Å². The molecule has 1 fully saturated rings. The van der Waals surface area contributed by atoms with Gasteiger partial charge in [0.2, 0.25) is 11.8 Å². The second-order valence-corrected chi connectivity index (χ2v) is 5.51. The molecule has 0 aromatic heterocycles. The minimum atomic E-state index is -0.395. The van der Waals surface area contributed by atoms with Gasteiger partial charge < -0.3 is 0 Å². The number of carbonyl (C=O) groups excluding carboxylic acids is 2. The van der Waals surface area contributed by atoms with E-state index in [0.717, 1.165) is 11.1 Å². The minimum Gasteiger partial charge on any atom is -0.295 e. The summed E-state index contributed by atoms with van der Waals surface area (Å²) in [7, 11) is 0. The first-order valence-corrected chi connectivity index (χ1v) is 7.38. The molecule has 0 saturated carbocycles. The third-order valence-electron chi connectivity index (χ3n) is 3.84. The Bertz CT molecular complexity index is 614. The van der Waals surface area contributed by atoms with Crippen LogP contribution >= 0.6 is 0 Å². The smallest absolute Gasteiger partial charge is 0.244 e. The highest BCUT2D eigenvalue weighted by Gasteiger charge is 2.35. The Balaban J connectivity index is 1.82. The molecule has 0 unspecified atom stereocenters. The van der Waals surface area contributed by atoms with Crippen LogP contribution in [0.1, 0.15) is 17.5 Å². The Hall–Kier alpha value is -2.46. The van der Waals surface area contributed by atoms with Crippen molar-refractivity contribution in [2.75, 3.05) is 0 Å². The molecule has 112 valence electrons. The maximum atomic E-state index is 12.0. The van der Waals surface area contributed by atoms with Gasteiger partial charge in [-0.3, -0.25) is 19.8 Å². The first kappa shape index (κ1) is 14.5. The Morgan fingerprint density at radius 1 is 0.864 bits per heavy atom. The van der Waals surface area contributed by atoms with E-state index in [1.807, 2.05) is 60.7 Å². The van der Waals surface area contributed by atoms with Crippen LogP contribution in [0.4, 0.5) is 0 Å². The average Bonchev–Trinajstić information content (AvgIpc) is 2.87. The maximum Gasteiger partial charge on any atom is 0.244 e. The lowest BCUT2D eigenvalue weighted by atomic mass is 10.1. The van der Waals surface area contributed by atoms with Crippen LogP contribution in [0.25, 0.3) is 0 Å². The monoisotopic (exact) mass is 294 g/mol.